The summed E-state index contributed by atoms with van der Waals surface area (Å²) in [7, 11) is 0. The number of aromatic nitrogens is 4. The zero-order valence-corrected chi connectivity index (χ0v) is 61.9. The van der Waals surface area contributed by atoms with Gasteiger partial charge in [0, 0.05) is 76.1 Å². The first-order valence-electron chi connectivity index (χ1n) is 36.8. The van der Waals surface area contributed by atoms with Crippen LogP contribution in [0.5, 0.6) is 0 Å². The number of aliphatic hydroxyl groups excluding tert-OH is 3. The van der Waals surface area contributed by atoms with Gasteiger partial charge in [0.15, 0.2) is 5.82 Å². The second-order valence-corrected chi connectivity index (χ2v) is 25.9. The van der Waals surface area contributed by atoms with Crippen LogP contribution in [-0.2, 0) is 92.5 Å². The van der Waals surface area contributed by atoms with Gasteiger partial charge in [-0.3, -0.25) is 77.0 Å². The van der Waals surface area contributed by atoms with E-state index in [1.54, 1.807) is 19.2 Å². The Bertz CT molecular complexity index is 2950. The van der Waals surface area contributed by atoms with E-state index in [0.717, 1.165) is 37.9 Å². The first kappa shape index (κ1) is 95.0. The number of aromatic amines is 1. The predicted octanol–water partition coefficient (Wildman–Crippen LogP) is -3.84. The molecule has 40 heteroatoms. The standard InChI is InChI=1S/C68H115N17O23/c1-46(19-15-16-30-85(39-61(95)96)40-62(97)98)74-65(101)51(37-47-20-17-28-71-47)78-63(99)49(24-26-55(69)90)77-67(103)53(42-87)80-68(104)54(43-88)79-64(100)50(25-27-56(70)91)76-66(102)52(41-86)75-58(92)38-73-60(94)45-108-36-34-106-32-29-72-59(93)44-107-35-33-105-31-18-22-48(89)21-13-11-9-7-5-3-2-4-6-8-10-12-14-23-57-81-83-84-82-57/h20,28,46,49-54,86-88H,2-19,21-27,29-45H2,1H3,(H2,69,90)(H2,70,91)(H,72,93)(H,73,94)(H,74,101)(H,75,92)(H,76,102)(H,77,103)(H,78,99)(H,79,100)(H,80,104)(H,95,96)(H,97,98)(H,81,82,83,84)/t46-,49+,50+,51+,52-,53+,54+/m1/s1. The molecule has 7 atom stereocenters. The number of carboxylic acid groups (broad SMARTS) is 2. The van der Waals surface area contributed by atoms with Crippen LogP contribution in [0.15, 0.2) is 16.8 Å². The molecule has 11 amide bonds. The summed E-state index contributed by atoms with van der Waals surface area (Å²) < 4.78 is 21.5. The molecule has 19 N–H and O–H groups in total. The van der Waals surface area contributed by atoms with E-state index in [1.165, 1.54) is 62.7 Å². The molecule has 2 rings (SSSR count). The van der Waals surface area contributed by atoms with Crippen molar-refractivity contribution in [3.63, 3.8) is 0 Å². The van der Waals surface area contributed by atoms with E-state index in [2.05, 4.69) is 73.5 Å². The summed E-state index contributed by atoms with van der Waals surface area (Å²) in [4.78, 5) is 183. The Balaban J connectivity index is 1.71. The van der Waals surface area contributed by atoms with Crippen molar-refractivity contribution in [2.24, 2.45) is 16.5 Å². The number of carboxylic acids is 2. The van der Waals surface area contributed by atoms with Gasteiger partial charge in [-0.05, 0) is 58.4 Å². The number of nitrogens with one attached hydrogen (secondary N) is 10. The van der Waals surface area contributed by atoms with Crippen LogP contribution < -0.4 is 59.3 Å². The number of tetrazole rings is 1. The number of aliphatic hydroxyl groups is 3. The number of aliphatic carboxylic acids is 2. The van der Waals surface area contributed by atoms with E-state index in [1.807, 2.05) is 0 Å². The third kappa shape index (κ3) is 47.6. The van der Waals surface area contributed by atoms with Crippen molar-refractivity contribution >= 4 is 88.9 Å². The van der Waals surface area contributed by atoms with E-state index >= 15 is 0 Å². The van der Waals surface area contributed by atoms with Crippen LogP contribution >= 0.6 is 0 Å². The number of aliphatic imine (C=N–C) groups is 1. The normalized spacial score (nSPS) is 13.7. The lowest BCUT2D eigenvalue weighted by Gasteiger charge is -2.27. The largest absolute Gasteiger partial charge is 0.480 e. The molecule has 0 saturated heterocycles. The second-order valence-electron chi connectivity index (χ2n) is 25.9. The summed E-state index contributed by atoms with van der Waals surface area (Å²) in [5, 5.41) is 83.8. The molecule has 0 fully saturated rings. The van der Waals surface area contributed by atoms with Crippen molar-refractivity contribution in [2.75, 3.05) is 105 Å². The average molecular weight is 1540 g/mol. The molecular weight excluding hydrogens is 1420 g/mol. The van der Waals surface area contributed by atoms with Gasteiger partial charge in [0.2, 0.25) is 65.0 Å². The number of allylic oxidation sites excluding steroid dienone is 1. The molecule has 0 bridgehead atoms. The van der Waals surface area contributed by atoms with Crippen LogP contribution in [0.25, 0.3) is 0 Å². The average Bonchev–Trinajstić information content (AvgIpc) is 1.11. The van der Waals surface area contributed by atoms with Gasteiger partial charge in [0.1, 0.15) is 55.2 Å². The summed E-state index contributed by atoms with van der Waals surface area (Å²) in [6.45, 7) is -2.91. The maximum absolute atomic E-state index is 13.9. The number of carbonyl (C=O) groups excluding carboxylic acids is 12. The number of Topliss-reactive ketones (excluding diaryl/α,β-unsaturated/α-hetero) is 1. The molecule has 0 radical (unpaired) electrons. The molecule has 1 aliphatic rings. The van der Waals surface area contributed by atoms with E-state index in [9.17, 15) is 82.4 Å². The fourth-order valence-electron chi connectivity index (χ4n) is 10.7. The van der Waals surface area contributed by atoms with Gasteiger partial charge in [-0.25, -0.2) is 0 Å². The molecule has 0 saturated carbocycles. The van der Waals surface area contributed by atoms with Crippen LogP contribution in [0.3, 0.4) is 0 Å². The molecule has 108 heavy (non-hydrogen) atoms. The second kappa shape index (κ2) is 59.0. The molecular formula is C68H115N17O23. The minimum absolute atomic E-state index is 0.0313. The lowest BCUT2D eigenvalue weighted by molar-refractivity contribution is -0.142. The fraction of sp³-hybridized carbons (Fsp3) is 0.735. The van der Waals surface area contributed by atoms with Gasteiger partial charge < -0.3 is 104 Å². The maximum atomic E-state index is 13.9. The van der Waals surface area contributed by atoms with E-state index in [-0.39, 0.29) is 70.8 Å². The van der Waals surface area contributed by atoms with Crippen LogP contribution in [0, 0.1) is 0 Å². The molecule has 1 aliphatic heterocycles. The highest BCUT2D eigenvalue weighted by atomic mass is 16.5. The topological polar surface area (TPSA) is 607 Å². The number of hydrogen-bond donors (Lipinski definition) is 17. The number of ether oxygens (including phenoxy) is 4. The highest BCUT2D eigenvalue weighted by molar-refractivity contribution is 5.98. The molecule has 1 aromatic heterocycles. The number of ketones is 1. The van der Waals surface area contributed by atoms with Crippen LogP contribution in [-0.4, -0.2) is 288 Å². The van der Waals surface area contributed by atoms with Crippen LogP contribution in [0.1, 0.15) is 173 Å². The summed E-state index contributed by atoms with van der Waals surface area (Å²) in [5.74, 6) is -12.1. The zero-order chi connectivity index (χ0) is 79.7. The van der Waals surface area contributed by atoms with Gasteiger partial charge in [-0.1, -0.05) is 88.3 Å². The van der Waals surface area contributed by atoms with Crippen molar-refractivity contribution in [2.45, 2.75) is 216 Å². The SMILES string of the molecule is C[C@H](CCCCN(CC(=O)O)CC(=O)O)NC(=O)[C@H](CC1=CCC=N1)NC(=O)[C@H](CCC(N)=O)NC(=O)[C@H](CO)NC(=O)[C@H](CO)NC(=O)[C@H](CCC(N)=O)NC(=O)[C@@H](CO)NC(=O)CNC(=O)COCCOCCNC(=O)COCCOCCCC(=O)CCCCCCCCCCCCCCCc1nn[nH]n1. The summed E-state index contributed by atoms with van der Waals surface area (Å²) in [5.41, 5.74) is 11.1. The van der Waals surface area contributed by atoms with E-state index in [0.29, 0.717) is 57.2 Å². The molecule has 0 spiro atoms. The Kier molecular flexibility index (Phi) is 51.9. The highest BCUT2D eigenvalue weighted by Crippen LogP contribution is 2.17. The summed E-state index contributed by atoms with van der Waals surface area (Å²) >= 11 is 0. The number of hydrogen-bond acceptors (Lipinski definition) is 26. The van der Waals surface area contributed by atoms with Gasteiger partial charge in [0.05, 0.1) is 72.5 Å². The Labute approximate surface area is 627 Å². The minimum atomic E-state index is -1.95. The number of aryl methyl sites for hydroxylation is 1. The number of primary amides is 2. The first-order valence-corrected chi connectivity index (χ1v) is 36.8. The Morgan fingerprint density at radius 3 is 1.44 bits per heavy atom. The van der Waals surface area contributed by atoms with Gasteiger partial charge in [-0.15, -0.1) is 10.2 Å². The minimum Gasteiger partial charge on any atom is -0.480 e. The summed E-state index contributed by atoms with van der Waals surface area (Å²) in [6, 6.07) is -10.9. The number of unbranched alkanes of at least 4 members (excludes halogenated alkanes) is 13. The number of carbonyl (C=O) groups is 14. The van der Waals surface area contributed by atoms with E-state index in [4.69, 9.17) is 40.6 Å². The maximum Gasteiger partial charge on any atom is 0.317 e. The van der Waals surface area contributed by atoms with Crippen LogP contribution in [0.4, 0.5) is 0 Å². The Morgan fingerprint density at radius 1 is 0.491 bits per heavy atom. The molecule has 0 aromatic carbocycles. The first-order chi connectivity index (χ1) is 51.8. The van der Waals surface area contributed by atoms with Crippen molar-refractivity contribution in [1.82, 2.24) is 73.4 Å². The predicted molar refractivity (Wildman–Crippen MR) is 385 cm³/mol. The van der Waals surface area contributed by atoms with Crippen molar-refractivity contribution in [3.8, 4) is 0 Å². The lowest BCUT2D eigenvalue weighted by atomic mass is 10.0. The number of nitrogens with two attached hydrogens (primary N) is 2. The van der Waals surface area contributed by atoms with Gasteiger partial charge in [0.25, 0.3) is 0 Å². The molecule has 2 heterocycles. The number of H-pyrrole nitrogens is 1. The molecule has 1 aromatic rings. The fourth-order valence-corrected chi connectivity index (χ4v) is 10.7. The Morgan fingerprint density at radius 2 is 0.944 bits per heavy atom. The van der Waals surface area contributed by atoms with E-state index < -0.39 is 185 Å². The zero-order valence-electron chi connectivity index (χ0n) is 61.9. The monoisotopic (exact) mass is 1540 g/mol. The number of amides is 11. The third-order valence-electron chi connectivity index (χ3n) is 16.5. The molecule has 610 valence electrons. The molecule has 0 unspecified atom stereocenters. The summed E-state index contributed by atoms with van der Waals surface area (Å²) in [6.07, 6.45) is 20.7. The number of nitrogens with zero attached hydrogens (tertiary/aromatic N) is 5. The van der Waals surface area contributed by atoms with Gasteiger partial charge in [-0.2, -0.15) is 5.21 Å². The third-order valence-corrected chi connectivity index (χ3v) is 16.5. The highest BCUT2D eigenvalue weighted by Gasteiger charge is 2.34. The Hall–Kier alpha value is -9.06. The quantitative estimate of drug-likeness (QED) is 0.0278. The van der Waals surface area contributed by atoms with Crippen LogP contribution in [0.2, 0.25) is 0 Å². The molecule has 0 aliphatic carbocycles. The lowest BCUT2D eigenvalue weighted by Crippen LogP contribution is -2.61. The van der Waals surface area contributed by atoms with Crippen molar-refractivity contribution < 1.29 is 112 Å². The smallest absolute Gasteiger partial charge is 0.317 e. The van der Waals surface area contributed by atoms with Gasteiger partial charge >= 0.3 is 11.9 Å². The van der Waals surface area contributed by atoms with Crippen molar-refractivity contribution in [1.29, 1.82) is 0 Å². The van der Waals surface area contributed by atoms with Crippen molar-refractivity contribution in [3.05, 3.63) is 17.6 Å². The molecule has 40 nitrogen and oxygen atoms in total. The number of rotatable bonds is 68.